The number of amidine groups is 2. The summed E-state index contributed by atoms with van der Waals surface area (Å²) in [6, 6.07) is 25.8. The van der Waals surface area contributed by atoms with Gasteiger partial charge in [-0.05, 0) is 36.8 Å². The average molecular weight is 441 g/mol. The number of carbonyl (C=O) groups excluding carboxylic acids is 2. The molecule has 2 aliphatic rings. The van der Waals surface area contributed by atoms with Gasteiger partial charge in [0.15, 0.2) is 11.2 Å². The summed E-state index contributed by atoms with van der Waals surface area (Å²) in [5, 5.41) is 2.90. The molecule has 2 atom stereocenters. The molecule has 7 heteroatoms. The summed E-state index contributed by atoms with van der Waals surface area (Å²) in [6.45, 7) is 1.80. The van der Waals surface area contributed by atoms with Crippen molar-refractivity contribution in [2.75, 3.05) is 5.32 Å². The Hall–Kier alpha value is -3.71. The van der Waals surface area contributed by atoms with Gasteiger partial charge in [0.25, 0.3) is 5.91 Å². The van der Waals surface area contributed by atoms with Gasteiger partial charge in [-0.25, -0.2) is 14.9 Å². The topological polar surface area (TPSA) is 74.1 Å². The first-order chi connectivity index (χ1) is 15.6. The van der Waals surface area contributed by atoms with Crippen LogP contribution in [0.2, 0.25) is 0 Å². The number of anilines is 1. The summed E-state index contributed by atoms with van der Waals surface area (Å²) in [7, 11) is 0. The minimum atomic E-state index is -0.628. The second-order valence-corrected chi connectivity index (χ2v) is 8.77. The Labute approximate surface area is 190 Å². The van der Waals surface area contributed by atoms with Gasteiger partial charge in [-0.2, -0.15) is 0 Å². The number of para-hydroxylation sites is 2. The van der Waals surface area contributed by atoms with Crippen LogP contribution >= 0.6 is 11.8 Å². The van der Waals surface area contributed by atoms with E-state index in [9.17, 15) is 9.59 Å². The van der Waals surface area contributed by atoms with Crippen molar-refractivity contribution in [3.63, 3.8) is 0 Å². The van der Waals surface area contributed by atoms with Crippen LogP contribution in [0.5, 0.6) is 0 Å². The smallest absolute Gasteiger partial charge is 0.263 e. The van der Waals surface area contributed by atoms with E-state index in [0.29, 0.717) is 11.0 Å². The first kappa shape index (κ1) is 20.2. The molecule has 2 heterocycles. The number of amides is 2. The van der Waals surface area contributed by atoms with Crippen LogP contribution in [0.3, 0.4) is 0 Å². The van der Waals surface area contributed by atoms with E-state index < -0.39 is 11.3 Å². The van der Waals surface area contributed by atoms with E-state index >= 15 is 0 Å². The normalized spacial score (nSPS) is 17.7. The molecule has 6 nitrogen and oxygen atoms in total. The highest BCUT2D eigenvalue weighted by Gasteiger charge is 2.42. The number of hydrogen-bond donors (Lipinski definition) is 1. The minimum absolute atomic E-state index is 0.160. The highest BCUT2D eigenvalue weighted by molar-refractivity contribution is 8.15. The Kier molecular flexibility index (Phi) is 5.33. The lowest BCUT2D eigenvalue weighted by Crippen LogP contribution is -2.41. The average Bonchev–Trinajstić information content (AvgIpc) is 3.18. The molecule has 2 unspecified atom stereocenters. The molecule has 2 aliphatic heterocycles. The van der Waals surface area contributed by atoms with Crippen LogP contribution in [0.1, 0.15) is 24.1 Å². The van der Waals surface area contributed by atoms with Gasteiger partial charge in [-0.15, -0.1) is 0 Å². The summed E-state index contributed by atoms with van der Waals surface area (Å²) in [5.74, 6) is 0.253. The predicted molar refractivity (Wildman–Crippen MR) is 128 cm³/mol. The summed E-state index contributed by atoms with van der Waals surface area (Å²) in [4.78, 5) is 37.2. The Balaban J connectivity index is 1.45. The van der Waals surface area contributed by atoms with Crippen LogP contribution in [0, 0.1) is 0 Å². The molecule has 0 aliphatic carbocycles. The van der Waals surface area contributed by atoms with Crippen molar-refractivity contribution in [3.8, 4) is 0 Å². The fraction of sp³-hybridized carbons (Fsp3) is 0.120. The number of carbonyl (C=O) groups is 2. The van der Waals surface area contributed by atoms with Crippen LogP contribution in [-0.4, -0.2) is 33.0 Å². The van der Waals surface area contributed by atoms with Crippen molar-refractivity contribution in [3.05, 3.63) is 96.1 Å². The molecule has 0 fully saturated rings. The second-order valence-electron chi connectivity index (χ2n) is 7.47. The van der Waals surface area contributed by atoms with Crippen molar-refractivity contribution in [1.82, 2.24) is 4.90 Å². The number of rotatable bonds is 4. The van der Waals surface area contributed by atoms with E-state index in [0.717, 1.165) is 22.5 Å². The van der Waals surface area contributed by atoms with E-state index in [2.05, 4.69) is 5.32 Å². The Morgan fingerprint density at radius 1 is 0.969 bits per heavy atom. The van der Waals surface area contributed by atoms with Crippen LogP contribution in [0.4, 0.5) is 11.4 Å². The number of nitrogens with zero attached hydrogens (tertiary/aromatic N) is 3. The number of hydrogen-bond acceptors (Lipinski definition) is 5. The zero-order chi connectivity index (χ0) is 22.1. The van der Waals surface area contributed by atoms with Crippen LogP contribution in [0.15, 0.2) is 94.9 Å². The monoisotopic (exact) mass is 440 g/mol. The molecule has 0 radical (unpaired) electrons. The molecule has 0 bridgehead atoms. The Morgan fingerprint density at radius 2 is 1.62 bits per heavy atom. The molecule has 158 valence electrons. The highest BCUT2D eigenvalue weighted by Crippen LogP contribution is 2.38. The zero-order valence-corrected chi connectivity index (χ0v) is 18.1. The summed E-state index contributed by atoms with van der Waals surface area (Å²) in [5.41, 5.74) is 3.10. The van der Waals surface area contributed by atoms with Gasteiger partial charge in [-0.3, -0.25) is 9.59 Å². The quantitative estimate of drug-likeness (QED) is 0.635. The molecule has 0 aromatic heterocycles. The van der Waals surface area contributed by atoms with E-state index in [4.69, 9.17) is 9.98 Å². The van der Waals surface area contributed by atoms with E-state index in [1.807, 2.05) is 84.9 Å². The van der Waals surface area contributed by atoms with Crippen molar-refractivity contribution < 1.29 is 9.59 Å². The fourth-order valence-corrected chi connectivity index (χ4v) is 4.57. The molecule has 3 aromatic rings. The fourth-order valence-electron chi connectivity index (χ4n) is 3.66. The lowest BCUT2D eigenvalue weighted by molar-refractivity contribution is -0.124. The lowest BCUT2D eigenvalue weighted by Gasteiger charge is -2.26. The lowest BCUT2D eigenvalue weighted by atomic mass is 10.1. The first-order valence-electron chi connectivity index (χ1n) is 10.3. The van der Waals surface area contributed by atoms with E-state index in [-0.39, 0.29) is 11.8 Å². The van der Waals surface area contributed by atoms with Gasteiger partial charge in [0.2, 0.25) is 5.91 Å². The third-order valence-corrected chi connectivity index (χ3v) is 6.33. The van der Waals surface area contributed by atoms with Crippen LogP contribution < -0.4 is 5.32 Å². The maximum Gasteiger partial charge on any atom is 0.263 e. The van der Waals surface area contributed by atoms with Gasteiger partial charge < -0.3 is 5.32 Å². The molecule has 5 rings (SSSR count). The molecule has 0 saturated heterocycles. The van der Waals surface area contributed by atoms with Gasteiger partial charge in [0.1, 0.15) is 5.84 Å². The van der Waals surface area contributed by atoms with Gasteiger partial charge in [0, 0.05) is 11.3 Å². The van der Waals surface area contributed by atoms with Crippen molar-refractivity contribution in [2.45, 2.75) is 18.2 Å². The molecule has 32 heavy (non-hydrogen) atoms. The maximum absolute atomic E-state index is 13.4. The summed E-state index contributed by atoms with van der Waals surface area (Å²) in [6.07, 6.45) is 0. The molecule has 0 spiro atoms. The minimum Gasteiger partial charge on any atom is -0.325 e. The van der Waals surface area contributed by atoms with Crippen LogP contribution in [-0.2, 0) is 9.59 Å². The zero-order valence-electron chi connectivity index (χ0n) is 17.3. The second kappa shape index (κ2) is 8.43. The van der Waals surface area contributed by atoms with Crippen molar-refractivity contribution in [1.29, 1.82) is 0 Å². The van der Waals surface area contributed by atoms with Crippen molar-refractivity contribution >= 4 is 46.0 Å². The largest absolute Gasteiger partial charge is 0.325 e. The van der Waals surface area contributed by atoms with E-state index in [1.54, 1.807) is 11.8 Å². The summed E-state index contributed by atoms with van der Waals surface area (Å²) >= 11 is 1.25. The number of nitrogens with one attached hydrogen (secondary N) is 1. The summed E-state index contributed by atoms with van der Waals surface area (Å²) < 4.78 is 0. The maximum atomic E-state index is 13.4. The van der Waals surface area contributed by atoms with Gasteiger partial charge >= 0.3 is 0 Å². The molecular weight excluding hydrogens is 420 g/mol. The third kappa shape index (κ3) is 3.71. The van der Waals surface area contributed by atoms with Gasteiger partial charge in [0.05, 0.1) is 10.9 Å². The molecule has 3 aromatic carbocycles. The third-order valence-electron chi connectivity index (χ3n) is 5.28. The molecule has 0 saturated carbocycles. The SMILES string of the molecule is CC(SC1=Nc2ccccc2C2=NC(c3ccccc3)C(=O)N12)C(=O)Nc1ccccc1. The van der Waals surface area contributed by atoms with E-state index in [1.165, 1.54) is 11.8 Å². The molecule has 2 amide bonds. The first-order valence-corrected chi connectivity index (χ1v) is 11.2. The van der Waals surface area contributed by atoms with Crippen molar-refractivity contribution in [2.24, 2.45) is 9.98 Å². The number of benzene rings is 3. The number of thioether (sulfide) groups is 1. The number of fused-ring (bicyclic) bond motifs is 3. The Bertz CT molecular complexity index is 1240. The Morgan fingerprint density at radius 3 is 2.38 bits per heavy atom. The predicted octanol–water partition coefficient (Wildman–Crippen LogP) is 4.78. The standard InChI is InChI=1S/C25H20N4O2S/c1-16(23(30)26-18-12-6-3-7-13-18)32-25-27-20-15-9-8-14-19(20)22-28-21(24(31)29(22)25)17-10-4-2-5-11-17/h2-16,21H,1H3,(H,26,30). The van der Waals surface area contributed by atoms with Gasteiger partial charge in [-0.1, -0.05) is 72.4 Å². The molecular formula is C25H20N4O2S. The number of aliphatic imine (C=N–C) groups is 2. The highest BCUT2D eigenvalue weighted by atomic mass is 32.2. The van der Waals surface area contributed by atoms with Crippen LogP contribution in [0.25, 0.3) is 0 Å². The molecule has 1 N–H and O–H groups in total.